The van der Waals surface area contributed by atoms with Gasteiger partial charge in [-0.25, -0.2) is 0 Å². The van der Waals surface area contributed by atoms with Crippen LogP contribution in [-0.2, 0) is 44.8 Å². The average Bonchev–Trinajstić information content (AvgIpc) is 3.22. The third-order valence-corrected chi connectivity index (χ3v) is 10.4. The SMILES string of the molecule is O.O.O=C(O)C[C@H](NC(=O)CCCCC(=O)OCc1ccccc1)C(=O)NCCCCCC(=O)N(CC[C@H]1O[C@H](CO)[C@@H](O)[C@H](O)[C@@H]1O)CC[C@H]1O[C@H](CO)[C@@H](O)[C@H](O)[C@@H]1O. The average molecular weight is 880 g/mol. The lowest BCUT2D eigenvalue weighted by Crippen LogP contribution is -2.59. The highest BCUT2D eigenvalue weighted by atomic mass is 16.6. The fourth-order valence-electron chi connectivity index (χ4n) is 6.85. The van der Waals surface area contributed by atoms with Crippen molar-refractivity contribution in [3.8, 4) is 0 Å². The number of carboxylic acids is 1. The minimum atomic E-state index is -1.61. The summed E-state index contributed by atoms with van der Waals surface area (Å²) in [6.07, 6.45) is -12.6. The Bertz CT molecular complexity index is 1420. The summed E-state index contributed by atoms with van der Waals surface area (Å²) < 4.78 is 16.4. The molecule has 2 heterocycles. The zero-order chi connectivity index (χ0) is 43.5. The van der Waals surface area contributed by atoms with Crippen molar-refractivity contribution < 1.29 is 95.1 Å². The Kier molecular flexibility index (Phi) is 25.9. The normalized spacial score (nSPS) is 26.4. The van der Waals surface area contributed by atoms with E-state index in [-0.39, 0.29) is 75.2 Å². The van der Waals surface area contributed by atoms with E-state index in [1.54, 1.807) is 0 Å². The van der Waals surface area contributed by atoms with Crippen LogP contribution in [0.4, 0.5) is 0 Å². The summed E-state index contributed by atoms with van der Waals surface area (Å²) in [4.78, 5) is 63.6. The number of carbonyl (C=O) groups is 5. The van der Waals surface area contributed by atoms with Crippen LogP contribution in [0, 0.1) is 0 Å². The number of aliphatic hydroxyl groups excluding tert-OH is 8. The highest BCUT2D eigenvalue weighted by molar-refractivity contribution is 5.90. The van der Waals surface area contributed by atoms with E-state index in [2.05, 4.69) is 10.6 Å². The number of hydrogen-bond donors (Lipinski definition) is 11. The molecular weight excluding hydrogens is 814 g/mol. The van der Waals surface area contributed by atoms with Gasteiger partial charge in [-0.3, -0.25) is 24.0 Å². The number of nitrogens with one attached hydrogen (secondary N) is 2. The Morgan fingerprint density at radius 1 is 0.672 bits per heavy atom. The summed E-state index contributed by atoms with van der Waals surface area (Å²) in [5, 5.41) is 95.1. The second kappa shape index (κ2) is 28.6. The molecule has 0 aromatic heterocycles. The first kappa shape index (κ1) is 55.1. The van der Waals surface area contributed by atoms with Gasteiger partial charge in [-0.05, 0) is 44.1 Å². The summed E-state index contributed by atoms with van der Waals surface area (Å²) in [7, 11) is 0. The predicted molar refractivity (Wildman–Crippen MR) is 211 cm³/mol. The number of rotatable bonds is 25. The van der Waals surface area contributed by atoms with E-state index in [1.807, 2.05) is 30.3 Å². The van der Waals surface area contributed by atoms with Crippen molar-refractivity contribution in [2.45, 2.75) is 144 Å². The first-order valence-corrected chi connectivity index (χ1v) is 20.0. The highest BCUT2D eigenvalue weighted by Crippen LogP contribution is 2.26. The number of aliphatic hydroxyl groups is 8. The highest BCUT2D eigenvalue weighted by Gasteiger charge is 2.45. The number of aliphatic carboxylic acids is 1. The van der Waals surface area contributed by atoms with Crippen LogP contribution in [0.5, 0.6) is 0 Å². The van der Waals surface area contributed by atoms with Gasteiger partial charge in [0, 0.05) is 38.9 Å². The lowest BCUT2D eigenvalue weighted by atomic mass is 9.93. The molecule has 2 aliphatic rings. The van der Waals surface area contributed by atoms with E-state index in [9.17, 15) is 69.9 Å². The van der Waals surface area contributed by atoms with Crippen LogP contribution in [0.2, 0.25) is 0 Å². The Morgan fingerprint density at radius 2 is 1.18 bits per heavy atom. The van der Waals surface area contributed by atoms with E-state index in [1.165, 1.54) is 4.90 Å². The van der Waals surface area contributed by atoms with Crippen molar-refractivity contribution in [2.75, 3.05) is 32.8 Å². The van der Waals surface area contributed by atoms with Gasteiger partial charge in [0.15, 0.2) is 0 Å². The van der Waals surface area contributed by atoms with E-state index in [0.29, 0.717) is 32.1 Å². The number of amides is 3. The van der Waals surface area contributed by atoms with E-state index in [4.69, 9.17) is 14.2 Å². The number of carboxylic acid groups (broad SMARTS) is 1. The number of hydrogen-bond acceptors (Lipinski definition) is 16. The number of unbranched alkanes of at least 4 members (excludes halogenated alkanes) is 3. The summed E-state index contributed by atoms with van der Waals surface area (Å²) >= 11 is 0. The second-order valence-electron chi connectivity index (χ2n) is 14.9. The molecular formula is C39H65N3O19. The molecule has 1 aromatic carbocycles. The van der Waals surface area contributed by atoms with Crippen molar-refractivity contribution in [3.05, 3.63) is 35.9 Å². The van der Waals surface area contributed by atoms with E-state index in [0.717, 1.165) is 5.56 Å². The topological polar surface area (TPSA) is 385 Å². The maximum atomic E-state index is 13.4. The molecule has 2 aliphatic heterocycles. The number of benzene rings is 1. The van der Waals surface area contributed by atoms with Crippen molar-refractivity contribution in [2.24, 2.45) is 0 Å². The van der Waals surface area contributed by atoms with Gasteiger partial charge < -0.3 is 86.7 Å². The van der Waals surface area contributed by atoms with Gasteiger partial charge in [0.2, 0.25) is 17.7 Å². The third-order valence-electron chi connectivity index (χ3n) is 10.4. The van der Waals surface area contributed by atoms with Crippen LogP contribution in [0.1, 0.15) is 76.2 Å². The predicted octanol–water partition coefficient (Wildman–Crippen LogP) is -4.43. The van der Waals surface area contributed by atoms with Crippen LogP contribution in [0.3, 0.4) is 0 Å². The number of ether oxygens (including phenoxy) is 3. The first-order chi connectivity index (χ1) is 28.2. The van der Waals surface area contributed by atoms with Crippen molar-refractivity contribution >= 4 is 29.7 Å². The molecule has 350 valence electrons. The van der Waals surface area contributed by atoms with Gasteiger partial charge in [-0.15, -0.1) is 0 Å². The quantitative estimate of drug-likeness (QED) is 0.0326. The second-order valence-corrected chi connectivity index (χ2v) is 14.9. The summed E-state index contributed by atoms with van der Waals surface area (Å²) in [6, 6.07) is 7.82. The molecule has 1 aromatic rings. The van der Waals surface area contributed by atoms with Crippen LogP contribution < -0.4 is 10.6 Å². The maximum Gasteiger partial charge on any atom is 0.306 e. The summed E-state index contributed by atoms with van der Waals surface area (Å²) in [5.74, 6) is -3.33. The van der Waals surface area contributed by atoms with E-state index < -0.39 is 110 Å². The molecule has 3 rings (SSSR count). The molecule has 0 radical (unpaired) electrons. The van der Waals surface area contributed by atoms with Crippen LogP contribution in [-0.4, -0.2) is 191 Å². The van der Waals surface area contributed by atoms with Gasteiger partial charge in [-0.2, -0.15) is 0 Å². The molecule has 0 unspecified atom stereocenters. The first-order valence-electron chi connectivity index (χ1n) is 20.0. The molecule has 2 saturated heterocycles. The van der Waals surface area contributed by atoms with Gasteiger partial charge in [-0.1, -0.05) is 36.8 Å². The molecule has 0 saturated carbocycles. The zero-order valence-corrected chi connectivity index (χ0v) is 34.0. The van der Waals surface area contributed by atoms with Gasteiger partial charge in [0.25, 0.3) is 0 Å². The molecule has 15 N–H and O–H groups in total. The Balaban J connectivity index is 0.00000930. The Hall–Kier alpha value is -3.91. The fourth-order valence-corrected chi connectivity index (χ4v) is 6.85. The van der Waals surface area contributed by atoms with Gasteiger partial charge in [0.1, 0.15) is 61.5 Å². The van der Waals surface area contributed by atoms with Crippen LogP contribution in [0.15, 0.2) is 30.3 Å². The fraction of sp³-hybridized carbons (Fsp3) is 0.718. The number of carbonyl (C=O) groups excluding carboxylic acids is 4. The summed E-state index contributed by atoms with van der Waals surface area (Å²) in [5.41, 5.74) is 0.843. The minimum absolute atomic E-state index is 0. The Labute approximate surface area is 353 Å². The standard InChI is InChI=1S/C39H61N3O17.2H2O/c43-20-27-35(52)37(54)33(50)25(58-27)14-17-42(18-15-26-34(51)38(55)36(53)28(21-44)59-26)30(46)12-5-2-8-16-40-39(56)24(19-31(47)48)41-29(45)11-6-7-13-32(49)57-22-23-9-3-1-4-10-23;;/h1,3-4,9-10,24-28,33-38,43-44,50-55H,2,5-8,11-22H2,(H,40,56)(H,41,45)(H,47,48);2*1H2/t24-,25+,26+,27+,28+,33+,34+,35+,36+,37+,38+;;/m0../s1. The molecule has 11 atom stereocenters. The molecule has 22 heteroatoms. The monoisotopic (exact) mass is 879 g/mol. The molecule has 61 heavy (non-hydrogen) atoms. The summed E-state index contributed by atoms with van der Waals surface area (Å²) in [6.45, 7) is -1.08. The zero-order valence-electron chi connectivity index (χ0n) is 34.0. The van der Waals surface area contributed by atoms with Gasteiger partial charge >= 0.3 is 11.9 Å². The van der Waals surface area contributed by atoms with Crippen molar-refractivity contribution in [1.29, 1.82) is 0 Å². The van der Waals surface area contributed by atoms with Gasteiger partial charge in [0.05, 0.1) is 31.8 Å². The number of nitrogens with zero attached hydrogens (tertiary/aromatic N) is 1. The largest absolute Gasteiger partial charge is 0.481 e. The van der Waals surface area contributed by atoms with E-state index >= 15 is 0 Å². The molecule has 22 nitrogen and oxygen atoms in total. The molecule has 3 amide bonds. The van der Waals surface area contributed by atoms with Crippen molar-refractivity contribution in [3.63, 3.8) is 0 Å². The maximum absolute atomic E-state index is 13.4. The minimum Gasteiger partial charge on any atom is -0.481 e. The number of esters is 1. The lowest BCUT2D eigenvalue weighted by Gasteiger charge is -2.41. The molecule has 0 aliphatic carbocycles. The van der Waals surface area contributed by atoms with Crippen LogP contribution in [0.25, 0.3) is 0 Å². The molecule has 2 fully saturated rings. The third kappa shape index (κ3) is 18.1. The van der Waals surface area contributed by atoms with Crippen molar-refractivity contribution in [1.82, 2.24) is 15.5 Å². The lowest BCUT2D eigenvalue weighted by molar-refractivity contribution is -0.232. The smallest absolute Gasteiger partial charge is 0.306 e. The molecule has 0 spiro atoms. The molecule has 0 bridgehead atoms. The Morgan fingerprint density at radius 3 is 1.70 bits per heavy atom. The van der Waals surface area contributed by atoms with Crippen LogP contribution >= 0.6 is 0 Å².